The Bertz CT molecular complexity index is 703. The van der Waals surface area contributed by atoms with Crippen LogP contribution in [0.5, 0.6) is 0 Å². The highest BCUT2D eigenvalue weighted by Crippen LogP contribution is 2.31. The first-order valence-electron chi connectivity index (χ1n) is 6.17. The minimum atomic E-state index is -0.339. The van der Waals surface area contributed by atoms with Gasteiger partial charge in [-0.1, -0.05) is 23.1 Å². The first-order valence-corrected chi connectivity index (χ1v) is 8.92. The standard InChI is InChI=1S/C13H12N4O2S3/c1-8-12(21-5-3-14)22-13(16-8)17-10(18)6-15-11(19)9-2-4-20-7-9/h2,4,7H,5-6H2,1H3,(H,15,19)(H,16,17,18). The second-order valence-corrected chi connectivity index (χ2v) is 7.10. The average Bonchev–Trinajstić information content (AvgIpc) is 3.13. The molecule has 0 aliphatic carbocycles. The number of carbonyl (C=O) groups is 2. The number of nitrogens with one attached hydrogen (secondary N) is 2. The van der Waals surface area contributed by atoms with Crippen LogP contribution >= 0.6 is 34.4 Å². The maximum absolute atomic E-state index is 11.8. The number of hydrogen-bond acceptors (Lipinski definition) is 7. The van der Waals surface area contributed by atoms with E-state index in [0.717, 1.165) is 9.90 Å². The van der Waals surface area contributed by atoms with Crippen LogP contribution in [0.1, 0.15) is 16.1 Å². The Labute approximate surface area is 139 Å². The van der Waals surface area contributed by atoms with Gasteiger partial charge in [-0.05, 0) is 18.4 Å². The summed E-state index contributed by atoms with van der Waals surface area (Å²) in [4.78, 5) is 27.7. The van der Waals surface area contributed by atoms with E-state index in [1.54, 1.807) is 16.8 Å². The molecule has 0 spiro atoms. The number of thioether (sulfide) groups is 1. The predicted octanol–water partition coefficient (Wildman–Crippen LogP) is 2.50. The Kier molecular flexibility index (Phi) is 5.94. The monoisotopic (exact) mass is 352 g/mol. The molecule has 0 aliphatic rings. The molecule has 22 heavy (non-hydrogen) atoms. The van der Waals surface area contributed by atoms with Crippen LogP contribution in [0.15, 0.2) is 21.0 Å². The van der Waals surface area contributed by atoms with Crippen molar-refractivity contribution in [2.75, 3.05) is 17.6 Å². The fourth-order valence-corrected chi connectivity index (χ4v) is 3.94. The SMILES string of the molecule is Cc1nc(NC(=O)CNC(=O)c2ccsc2)sc1SCC#N. The number of anilines is 1. The van der Waals surface area contributed by atoms with Crippen molar-refractivity contribution in [2.24, 2.45) is 0 Å². The van der Waals surface area contributed by atoms with Crippen molar-refractivity contribution in [2.45, 2.75) is 11.1 Å². The summed E-state index contributed by atoms with van der Waals surface area (Å²) in [7, 11) is 0. The molecule has 0 fully saturated rings. The number of nitrogens with zero attached hydrogens (tertiary/aromatic N) is 2. The molecule has 2 N–H and O–H groups in total. The molecular formula is C13H12N4O2S3. The van der Waals surface area contributed by atoms with Gasteiger partial charge in [0, 0.05) is 10.9 Å². The highest BCUT2D eigenvalue weighted by atomic mass is 32.2. The van der Waals surface area contributed by atoms with E-state index < -0.39 is 0 Å². The van der Waals surface area contributed by atoms with Crippen molar-refractivity contribution in [1.82, 2.24) is 10.3 Å². The van der Waals surface area contributed by atoms with Gasteiger partial charge < -0.3 is 10.6 Å². The highest BCUT2D eigenvalue weighted by Gasteiger charge is 2.12. The molecule has 114 valence electrons. The third-order valence-corrected chi connectivity index (χ3v) is 5.45. The molecule has 0 saturated carbocycles. The summed E-state index contributed by atoms with van der Waals surface area (Å²) in [6, 6.07) is 3.74. The molecule has 0 radical (unpaired) electrons. The van der Waals surface area contributed by atoms with Crippen LogP contribution in [0, 0.1) is 18.3 Å². The lowest BCUT2D eigenvalue weighted by molar-refractivity contribution is -0.115. The summed E-state index contributed by atoms with van der Waals surface area (Å²) in [5.74, 6) is -0.279. The van der Waals surface area contributed by atoms with Gasteiger partial charge in [0.05, 0.1) is 28.3 Å². The quantitative estimate of drug-likeness (QED) is 0.779. The number of nitriles is 1. The lowest BCUT2D eigenvalue weighted by atomic mass is 10.3. The van der Waals surface area contributed by atoms with Crippen LogP contribution in [-0.2, 0) is 4.79 Å². The molecule has 0 aliphatic heterocycles. The van der Waals surface area contributed by atoms with E-state index in [1.807, 2.05) is 13.0 Å². The molecule has 9 heteroatoms. The van der Waals surface area contributed by atoms with Gasteiger partial charge in [-0.15, -0.1) is 0 Å². The van der Waals surface area contributed by atoms with Crippen molar-refractivity contribution in [3.8, 4) is 6.07 Å². The zero-order valence-electron chi connectivity index (χ0n) is 11.6. The lowest BCUT2D eigenvalue weighted by Crippen LogP contribution is -2.32. The van der Waals surface area contributed by atoms with Gasteiger partial charge in [0.25, 0.3) is 5.91 Å². The van der Waals surface area contributed by atoms with E-state index in [9.17, 15) is 9.59 Å². The van der Waals surface area contributed by atoms with Gasteiger partial charge in [0.15, 0.2) is 5.13 Å². The van der Waals surface area contributed by atoms with Crippen LogP contribution < -0.4 is 10.6 Å². The number of carbonyl (C=O) groups excluding carboxylic acids is 2. The maximum atomic E-state index is 11.8. The Morgan fingerprint density at radius 1 is 1.50 bits per heavy atom. The Morgan fingerprint density at radius 3 is 3.00 bits per heavy atom. The van der Waals surface area contributed by atoms with Crippen molar-refractivity contribution in [3.63, 3.8) is 0 Å². The van der Waals surface area contributed by atoms with Crippen LogP contribution in [0.4, 0.5) is 5.13 Å². The predicted molar refractivity (Wildman–Crippen MR) is 88.5 cm³/mol. The number of amides is 2. The first-order chi connectivity index (χ1) is 10.6. The van der Waals surface area contributed by atoms with Crippen molar-refractivity contribution in [3.05, 3.63) is 28.1 Å². The summed E-state index contributed by atoms with van der Waals surface area (Å²) in [5.41, 5.74) is 1.32. The molecule has 0 aromatic carbocycles. The van der Waals surface area contributed by atoms with E-state index in [-0.39, 0.29) is 18.4 Å². The van der Waals surface area contributed by atoms with Crippen molar-refractivity contribution >= 4 is 51.4 Å². The molecule has 2 amide bonds. The minimum absolute atomic E-state index is 0.117. The molecule has 0 unspecified atom stereocenters. The van der Waals surface area contributed by atoms with E-state index in [1.165, 1.54) is 34.4 Å². The third kappa shape index (κ3) is 4.56. The number of hydrogen-bond donors (Lipinski definition) is 2. The van der Waals surface area contributed by atoms with Crippen LogP contribution in [0.2, 0.25) is 0 Å². The zero-order chi connectivity index (χ0) is 15.9. The topological polar surface area (TPSA) is 94.9 Å². The van der Waals surface area contributed by atoms with E-state index in [0.29, 0.717) is 16.4 Å². The molecule has 2 heterocycles. The Hall–Kier alpha value is -1.89. The molecule has 0 saturated heterocycles. The van der Waals surface area contributed by atoms with Crippen molar-refractivity contribution in [1.29, 1.82) is 5.26 Å². The second kappa shape index (κ2) is 7.93. The summed E-state index contributed by atoms with van der Waals surface area (Å²) in [6.45, 7) is 1.71. The minimum Gasteiger partial charge on any atom is -0.343 e. The van der Waals surface area contributed by atoms with Gasteiger partial charge in [0.1, 0.15) is 0 Å². The molecule has 2 aromatic rings. The zero-order valence-corrected chi connectivity index (χ0v) is 14.0. The van der Waals surface area contributed by atoms with Gasteiger partial charge in [-0.25, -0.2) is 4.98 Å². The summed E-state index contributed by atoms with van der Waals surface area (Å²) >= 11 is 4.12. The molecule has 2 rings (SSSR count). The third-order valence-electron chi connectivity index (χ3n) is 2.46. The number of thiazole rings is 1. The van der Waals surface area contributed by atoms with Gasteiger partial charge in [-0.2, -0.15) is 16.6 Å². The van der Waals surface area contributed by atoms with E-state index in [2.05, 4.69) is 15.6 Å². The molecule has 6 nitrogen and oxygen atoms in total. The fraction of sp³-hybridized carbons (Fsp3) is 0.231. The number of thiophene rings is 1. The van der Waals surface area contributed by atoms with Crippen LogP contribution in [0.3, 0.4) is 0 Å². The van der Waals surface area contributed by atoms with E-state index in [4.69, 9.17) is 5.26 Å². The van der Waals surface area contributed by atoms with E-state index >= 15 is 0 Å². The van der Waals surface area contributed by atoms with Gasteiger partial charge in [0.2, 0.25) is 5.91 Å². The lowest BCUT2D eigenvalue weighted by Gasteiger charge is -2.03. The van der Waals surface area contributed by atoms with Crippen LogP contribution in [-0.4, -0.2) is 29.1 Å². The molecule has 2 aromatic heterocycles. The summed E-state index contributed by atoms with van der Waals surface area (Å²) in [5, 5.41) is 17.7. The Morgan fingerprint density at radius 2 is 2.32 bits per heavy atom. The smallest absolute Gasteiger partial charge is 0.252 e. The van der Waals surface area contributed by atoms with Gasteiger partial charge >= 0.3 is 0 Å². The number of rotatable bonds is 6. The first kappa shape index (κ1) is 16.5. The molecular weight excluding hydrogens is 340 g/mol. The van der Waals surface area contributed by atoms with Gasteiger partial charge in [-0.3, -0.25) is 9.59 Å². The summed E-state index contributed by atoms with van der Waals surface area (Å²) < 4.78 is 0.902. The number of aromatic nitrogens is 1. The summed E-state index contributed by atoms with van der Waals surface area (Å²) in [6.07, 6.45) is 0. The van der Waals surface area contributed by atoms with Crippen molar-refractivity contribution < 1.29 is 9.59 Å². The molecule has 0 atom stereocenters. The highest BCUT2D eigenvalue weighted by molar-refractivity contribution is 8.01. The van der Waals surface area contributed by atoms with Crippen LogP contribution in [0.25, 0.3) is 0 Å². The normalized spacial score (nSPS) is 10.0. The average molecular weight is 352 g/mol. The Balaban J connectivity index is 1.84. The fourth-order valence-electron chi connectivity index (χ4n) is 1.49. The number of aryl methyl sites for hydroxylation is 1. The largest absolute Gasteiger partial charge is 0.343 e. The molecule has 0 bridgehead atoms. The second-order valence-electron chi connectivity index (χ2n) is 4.08. The maximum Gasteiger partial charge on any atom is 0.252 e.